The Kier molecular flexibility index (Phi) is 8.55. The van der Waals surface area contributed by atoms with E-state index in [1.807, 2.05) is 0 Å². The SMILES string of the molecule is O=C(COc1ccccc1/C=C1\S/C(=N\N=C\c2ccc(O)cc2)N(Cc2ccco2)C1=O)Nc1ccc(F)cc1. The lowest BCUT2D eigenvalue weighted by Crippen LogP contribution is -2.28. The second-order valence-corrected chi connectivity index (χ2v) is 9.69. The van der Waals surface area contributed by atoms with E-state index >= 15 is 0 Å². The predicted molar refractivity (Wildman–Crippen MR) is 155 cm³/mol. The summed E-state index contributed by atoms with van der Waals surface area (Å²) in [6.45, 7) is -0.132. The summed E-state index contributed by atoms with van der Waals surface area (Å²) < 4.78 is 24.3. The highest BCUT2D eigenvalue weighted by Crippen LogP contribution is 2.35. The van der Waals surface area contributed by atoms with Gasteiger partial charge >= 0.3 is 0 Å². The first kappa shape index (κ1) is 27.4. The van der Waals surface area contributed by atoms with Crippen LogP contribution in [0, 0.1) is 5.82 Å². The molecule has 4 aromatic rings. The molecule has 0 aliphatic carbocycles. The molecule has 3 aromatic carbocycles. The number of amides is 2. The van der Waals surface area contributed by atoms with E-state index < -0.39 is 11.7 Å². The molecule has 5 rings (SSSR count). The Morgan fingerprint density at radius 1 is 1.05 bits per heavy atom. The standard InChI is InChI=1S/C30H23FN4O5S/c31-22-9-11-23(12-10-22)33-28(37)19-40-26-6-2-1-4-21(26)16-27-29(38)35(18-25-5-3-15-39-25)30(41-27)34-32-17-20-7-13-24(36)14-8-20/h1-17,36H,18-19H2,(H,33,37)/b27-16-,32-17+,34-30-. The summed E-state index contributed by atoms with van der Waals surface area (Å²) in [7, 11) is 0. The third kappa shape index (κ3) is 7.28. The van der Waals surface area contributed by atoms with Crippen LogP contribution in [-0.4, -0.2) is 39.8 Å². The van der Waals surface area contributed by atoms with Crippen LogP contribution >= 0.6 is 11.8 Å². The lowest BCUT2D eigenvalue weighted by atomic mass is 10.2. The topological polar surface area (TPSA) is 117 Å². The number of phenolic OH excluding ortho intramolecular Hbond substituents is 1. The molecule has 9 nitrogen and oxygen atoms in total. The summed E-state index contributed by atoms with van der Waals surface area (Å²) >= 11 is 1.14. The minimum atomic E-state index is -0.420. The molecule has 0 atom stereocenters. The Hall–Kier alpha value is -5.16. The highest BCUT2D eigenvalue weighted by atomic mass is 32.2. The molecule has 0 unspecified atom stereocenters. The van der Waals surface area contributed by atoms with E-state index in [0.29, 0.717) is 32.8 Å². The van der Waals surface area contributed by atoms with E-state index in [1.54, 1.807) is 66.7 Å². The van der Waals surface area contributed by atoms with Gasteiger partial charge in [0, 0.05) is 11.3 Å². The highest BCUT2D eigenvalue weighted by Gasteiger charge is 2.34. The number of benzene rings is 3. The first-order valence-corrected chi connectivity index (χ1v) is 13.2. The quantitative estimate of drug-likeness (QED) is 0.153. The Morgan fingerprint density at radius 2 is 1.83 bits per heavy atom. The van der Waals surface area contributed by atoms with Crippen molar-refractivity contribution >= 4 is 46.7 Å². The van der Waals surface area contributed by atoms with Crippen LogP contribution < -0.4 is 10.1 Å². The van der Waals surface area contributed by atoms with Crippen molar-refractivity contribution in [2.75, 3.05) is 11.9 Å². The molecular weight excluding hydrogens is 547 g/mol. The lowest BCUT2D eigenvalue weighted by Gasteiger charge is -2.12. The third-order valence-electron chi connectivity index (χ3n) is 5.72. The minimum absolute atomic E-state index is 0.141. The van der Waals surface area contributed by atoms with Gasteiger partial charge in [-0.2, -0.15) is 5.10 Å². The lowest BCUT2D eigenvalue weighted by molar-refractivity contribution is -0.122. The zero-order valence-corrected chi connectivity index (χ0v) is 22.3. The van der Waals surface area contributed by atoms with Crippen molar-refractivity contribution < 1.29 is 28.2 Å². The van der Waals surface area contributed by atoms with Crippen LogP contribution in [0.1, 0.15) is 16.9 Å². The number of carbonyl (C=O) groups is 2. The molecule has 1 aliphatic heterocycles. The Labute approximate surface area is 238 Å². The number of rotatable bonds is 9. The van der Waals surface area contributed by atoms with Crippen LogP contribution in [0.3, 0.4) is 0 Å². The number of carbonyl (C=O) groups excluding carboxylic acids is 2. The normalized spacial score (nSPS) is 15.2. The van der Waals surface area contributed by atoms with Crippen molar-refractivity contribution in [3.05, 3.63) is 119 Å². The zero-order valence-electron chi connectivity index (χ0n) is 21.4. The van der Waals surface area contributed by atoms with Gasteiger partial charge in [0.25, 0.3) is 11.8 Å². The third-order valence-corrected chi connectivity index (χ3v) is 6.71. The molecule has 0 bridgehead atoms. The van der Waals surface area contributed by atoms with E-state index in [-0.39, 0.29) is 24.8 Å². The van der Waals surface area contributed by atoms with Crippen LogP contribution in [0.2, 0.25) is 0 Å². The maximum absolute atomic E-state index is 13.4. The molecule has 206 valence electrons. The molecule has 1 saturated heterocycles. The Morgan fingerprint density at radius 3 is 2.59 bits per heavy atom. The molecule has 2 heterocycles. The number of nitrogens with zero attached hydrogens (tertiary/aromatic N) is 3. The number of aromatic hydroxyl groups is 1. The molecule has 0 spiro atoms. The second-order valence-electron chi connectivity index (χ2n) is 8.68. The number of ether oxygens (including phenoxy) is 1. The summed E-state index contributed by atoms with van der Waals surface area (Å²) in [5.74, 6) is -0.00440. The number of nitrogens with one attached hydrogen (secondary N) is 1. The van der Waals surface area contributed by atoms with Gasteiger partial charge in [0.1, 0.15) is 23.1 Å². The summed E-state index contributed by atoms with van der Waals surface area (Å²) in [5, 5.41) is 20.9. The average molecular weight is 571 g/mol. The largest absolute Gasteiger partial charge is 0.508 e. The molecule has 1 aliphatic rings. The molecule has 0 saturated carbocycles. The van der Waals surface area contributed by atoms with Crippen molar-refractivity contribution in [1.82, 2.24) is 4.90 Å². The molecule has 2 amide bonds. The molecule has 11 heteroatoms. The first-order chi connectivity index (χ1) is 19.9. The number of hydrogen-bond donors (Lipinski definition) is 2. The number of para-hydroxylation sites is 1. The summed E-state index contributed by atoms with van der Waals surface area (Å²) in [6, 6.07) is 22.4. The average Bonchev–Trinajstić information content (AvgIpc) is 3.59. The highest BCUT2D eigenvalue weighted by molar-refractivity contribution is 8.18. The van der Waals surface area contributed by atoms with Crippen molar-refractivity contribution in [2.24, 2.45) is 10.2 Å². The Bertz CT molecular complexity index is 1620. The molecule has 0 radical (unpaired) electrons. The van der Waals surface area contributed by atoms with Gasteiger partial charge in [-0.1, -0.05) is 18.2 Å². The Balaban J connectivity index is 1.33. The fourth-order valence-corrected chi connectivity index (χ4v) is 4.66. The number of furan rings is 1. The smallest absolute Gasteiger partial charge is 0.267 e. The van der Waals surface area contributed by atoms with Crippen LogP contribution in [0.4, 0.5) is 10.1 Å². The fraction of sp³-hybridized carbons (Fsp3) is 0.0667. The summed E-state index contributed by atoms with van der Waals surface area (Å²) in [6.07, 6.45) is 4.71. The maximum Gasteiger partial charge on any atom is 0.267 e. The van der Waals surface area contributed by atoms with Gasteiger partial charge in [-0.15, -0.1) is 5.10 Å². The van der Waals surface area contributed by atoms with Gasteiger partial charge in [-0.25, -0.2) is 4.39 Å². The van der Waals surface area contributed by atoms with Gasteiger partial charge in [-0.3, -0.25) is 14.5 Å². The molecule has 41 heavy (non-hydrogen) atoms. The predicted octanol–water partition coefficient (Wildman–Crippen LogP) is 5.65. The number of amidine groups is 1. The number of anilines is 1. The molecule has 1 fully saturated rings. The number of thioether (sulfide) groups is 1. The number of hydrogen-bond acceptors (Lipinski definition) is 8. The van der Waals surface area contributed by atoms with Crippen molar-refractivity contribution in [3.8, 4) is 11.5 Å². The monoisotopic (exact) mass is 570 g/mol. The number of phenols is 1. The van der Waals surface area contributed by atoms with E-state index in [1.165, 1.54) is 41.6 Å². The van der Waals surface area contributed by atoms with Gasteiger partial charge < -0.3 is 19.6 Å². The van der Waals surface area contributed by atoms with Crippen molar-refractivity contribution in [1.29, 1.82) is 0 Å². The van der Waals surface area contributed by atoms with Gasteiger partial charge in [0.2, 0.25) is 0 Å². The number of halogens is 1. The van der Waals surface area contributed by atoms with Gasteiger partial charge in [0.15, 0.2) is 11.8 Å². The van der Waals surface area contributed by atoms with Gasteiger partial charge in [0.05, 0.1) is 23.9 Å². The van der Waals surface area contributed by atoms with Crippen LogP contribution in [0.15, 0.2) is 111 Å². The van der Waals surface area contributed by atoms with Crippen LogP contribution in [0.25, 0.3) is 6.08 Å². The van der Waals surface area contributed by atoms with Crippen molar-refractivity contribution in [2.45, 2.75) is 6.54 Å². The summed E-state index contributed by atoms with van der Waals surface area (Å²) in [5.41, 5.74) is 1.76. The van der Waals surface area contributed by atoms with E-state index in [2.05, 4.69) is 15.5 Å². The second kappa shape index (κ2) is 12.8. The summed E-state index contributed by atoms with van der Waals surface area (Å²) in [4.78, 5) is 27.6. The first-order valence-electron chi connectivity index (χ1n) is 12.4. The minimum Gasteiger partial charge on any atom is -0.508 e. The fourth-order valence-electron chi connectivity index (χ4n) is 3.73. The van der Waals surface area contributed by atoms with E-state index in [0.717, 1.165) is 17.3 Å². The van der Waals surface area contributed by atoms with E-state index in [9.17, 15) is 19.1 Å². The molecule has 1 aromatic heterocycles. The zero-order chi connectivity index (χ0) is 28.6. The van der Waals surface area contributed by atoms with Crippen LogP contribution in [-0.2, 0) is 16.1 Å². The molecule has 2 N–H and O–H groups in total. The molecular formula is C30H23FN4O5S. The van der Waals surface area contributed by atoms with E-state index in [4.69, 9.17) is 9.15 Å². The van der Waals surface area contributed by atoms with Crippen LogP contribution in [0.5, 0.6) is 11.5 Å². The maximum atomic E-state index is 13.4. The van der Waals surface area contributed by atoms with Gasteiger partial charge in [-0.05, 0) is 90.1 Å². The van der Waals surface area contributed by atoms with Crippen molar-refractivity contribution in [3.63, 3.8) is 0 Å².